The molecule has 0 aromatic carbocycles. The van der Waals surface area contributed by atoms with Gasteiger partial charge in [0.1, 0.15) is 5.78 Å². The standard InChI is InChI=1S/C20H40ClNO/c21-19-20(23)17-15-13-11-9-7-5-3-1-2-4-6-8-10-12-14-16-18-22/h1-19,22H2. The summed E-state index contributed by atoms with van der Waals surface area (Å²) in [6.07, 6.45) is 22.0. The number of nitrogens with two attached hydrogens (primary N) is 1. The van der Waals surface area contributed by atoms with Gasteiger partial charge < -0.3 is 5.73 Å². The van der Waals surface area contributed by atoms with E-state index >= 15 is 0 Å². The summed E-state index contributed by atoms with van der Waals surface area (Å²) >= 11 is 5.47. The van der Waals surface area contributed by atoms with Gasteiger partial charge in [0.2, 0.25) is 0 Å². The van der Waals surface area contributed by atoms with Crippen molar-refractivity contribution in [3.63, 3.8) is 0 Å². The second-order valence-electron chi connectivity index (χ2n) is 6.87. The highest BCUT2D eigenvalue weighted by atomic mass is 35.5. The van der Waals surface area contributed by atoms with E-state index < -0.39 is 0 Å². The van der Waals surface area contributed by atoms with Crippen LogP contribution >= 0.6 is 11.6 Å². The molecule has 2 N–H and O–H groups in total. The minimum atomic E-state index is 0.189. The van der Waals surface area contributed by atoms with Crippen molar-refractivity contribution in [1.82, 2.24) is 0 Å². The van der Waals surface area contributed by atoms with Crippen LogP contribution in [0.3, 0.4) is 0 Å². The highest BCUT2D eigenvalue weighted by Gasteiger charge is 1.99. The maximum absolute atomic E-state index is 11.0. The average Bonchev–Trinajstić information content (AvgIpc) is 2.57. The molecule has 0 saturated heterocycles. The van der Waals surface area contributed by atoms with Crippen LogP contribution in [0.15, 0.2) is 0 Å². The number of hydrogen-bond donors (Lipinski definition) is 1. The lowest BCUT2D eigenvalue weighted by molar-refractivity contribution is -0.116. The van der Waals surface area contributed by atoms with E-state index in [2.05, 4.69) is 0 Å². The van der Waals surface area contributed by atoms with Crippen molar-refractivity contribution in [2.24, 2.45) is 5.73 Å². The third kappa shape index (κ3) is 19.9. The van der Waals surface area contributed by atoms with Gasteiger partial charge in [0.15, 0.2) is 0 Å². The number of Topliss-reactive ketones (excluding diaryl/α,β-unsaturated/α-hetero) is 1. The number of carbonyl (C=O) groups is 1. The van der Waals surface area contributed by atoms with Crippen molar-refractivity contribution >= 4 is 17.4 Å². The minimum absolute atomic E-state index is 0.189. The van der Waals surface area contributed by atoms with Crippen LogP contribution in [0.4, 0.5) is 0 Å². The molecule has 0 bridgehead atoms. The zero-order valence-corrected chi connectivity index (χ0v) is 16.1. The van der Waals surface area contributed by atoms with Crippen molar-refractivity contribution in [3.8, 4) is 0 Å². The molecule has 0 heterocycles. The van der Waals surface area contributed by atoms with Crippen LogP contribution < -0.4 is 5.73 Å². The number of rotatable bonds is 19. The summed E-state index contributed by atoms with van der Waals surface area (Å²) in [7, 11) is 0. The van der Waals surface area contributed by atoms with Gasteiger partial charge in [-0.3, -0.25) is 4.79 Å². The monoisotopic (exact) mass is 345 g/mol. The molecule has 0 amide bonds. The highest BCUT2D eigenvalue weighted by molar-refractivity contribution is 6.27. The topological polar surface area (TPSA) is 43.1 Å². The summed E-state index contributed by atoms with van der Waals surface area (Å²) in [6.45, 7) is 0.855. The number of hydrogen-bond acceptors (Lipinski definition) is 2. The molecule has 0 fully saturated rings. The third-order valence-electron chi connectivity index (χ3n) is 4.56. The molecule has 138 valence electrons. The van der Waals surface area contributed by atoms with E-state index in [1.54, 1.807) is 0 Å². The van der Waals surface area contributed by atoms with E-state index in [-0.39, 0.29) is 11.7 Å². The van der Waals surface area contributed by atoms with Crippen LogP contribution in [0.25, 0.3) is 0 Å². The van der Waals surface area contributed by atoms with E-state index in [9.17, 15) is 4.79 Å². The summed E-state index contributed by atoms with van der Waals surface area (Å²) in [5, 5.41) is 0. The smallest absolute Gasteiger partial charge is 0.147 e. The van der Waals surface area contributed by atoms with Crippen LogP contribution in [0.1, 0.15) is 109 Å². The highest BCUT2D eigenvalue weighted by Crippen LogP contribution is 2.14. The Morgan fingerprint density at radius 2 is 0.870 bits per heavy atom. The maximum atomic E-state index is 11.0. The Morgan fingerprint density at radius 3 is 1.17 bits per heavy atom. The summed E-state index contributed by atoms with van der Waals surface area (Å²) in [5.41, 5.74) is 5.49. The Balaban J connectivity index is 2.99. The summed E-state index contributed by atoms with van der Waals surface area (Å²) < 4.78 is 0. The molecule has 0 aliphatic heterocycles. The van der Waals surface area contributed by atoms with Gasteiger partial charge in [-0.1, -0.05) is 89.9 Å². The number of carbonyl (C=O) groups excluding carboxylic acids is 1. The fraction of sp³-hybridized carbons (Fsp3) is 0.950. The van der Waals surface area contributed by atoms with Crippen molar-refractivity contribution in [2.45, 2.75) is 109 Å². The molecule has 0 aromatic rings. The van der Waals surface area contributed by atoms with Crippen LogP contribution in [0, 0.1) is 0 Å². The van der Waals surface area contributed by atoms with Crippen molar-refractivity contribution in [2.75, 3.05) is 12.4 Å². The molecule has 23 heavy (non-hydrogen) atoms. The Kier molecular flexibility index (Phi) is 19.9. The lowest BCUT2D eigenvalue weighted by Gasteiger charge is -2.03. The molecule has 2 nitrogen and oxygen atoms in total. The zero-order valence-electron chi connectivity index (χ0n) is 15.3. The molecular weight excluding hydrogens is 306 g/mol. The van der Waals surface area contributed by atoms with Crippen molar-refractivity contribution in [1.29, 1.82) is 0 Å². The second kappa shape index (κ2) is 20.0. The quantitative estimate of drug-likeness (QED) is 0.218. The Morgan fingerprint density at radius 1 is 0.565 bits per heavy atom. The molecule has 3 heteroatoms. The summed E-state index contributed by atoms with van der Waals surface area (Å²) in [5.74, 6) is 0.385. The first-order chi connectivity index (χ1) is 11.3. The summed E-state index contributed by atoms with van der Waals surface area (Å²) in [4.78, 5) is 11.0. The molecule has 0 atom stereocenters. The maximum Gasteiger partial charge on any atom is 0.147 e. The molecule has 0 saturated carbocycles. The predicted molar refractivity (Wildman–Crippen MR) is 103 cm³/mol. The molecule has 0 aliphatic rings. The van der Waals surface area contributed by atoms with E-state index in [0.29, 0.717) is 6.42 Å². The van der Waals surface area contributed by atoms with E-state index in [0.717, 1.165) is 13.0 Å². The van der Waals surface area contributed by atoms with Crippen molar-refractivity contribution < 1.29 is 4.79 Å². The molecule has 0 aliphatic carbocycles. The SMILES string of the molecule is NCCCCCCCCCCCCCCCCCCC(=O)CCl. The van der Waals surface area contributed by atoms with Gasteiger partial charge in [0.05, 0.1) is 5.88 Å². The van der Waals surface area contributed by atoms with Crippen LogP contribution in [-0.4, -0.2) is 18.2 Å². The lowest BCUT2D eigenvalue weighted by atomic mass is 10.0. The zero-order chi connectivity index (χ0) is 17.0. The van der Waals surface area contributed by atoms with Gasteiger partial charge in [0, 0.05) is 6.42 Å². The van der Waals surface area contributed by atoms with Gasteiger partial charge in [-0.25, -0.2) is 0 Å². The van der Waals surface area contributed by atoms with Gasteiger partial charge in [-0.05, 0) is 19.4 Å². The Labute approximate surface area is 149 Å². The number of ketones is 1. The first-order valence-electron chi connectivity index (χ1n) is 10.1. The average molecular weight is 346 g/mol. The summed E-state index contributed by atoms with van der Waals surface area (Å²) in [6, 6.07) is 0. The minimum Gasteiger partial charge on any atom is -0.330 e. The Hall–Kier alpha value is -0.0800. The van der Waals surface area contributed by atoms with Crippen LogP contribution in [0.2, 0.25) is 0 Å². The Bertz CT molecular complexity index is 246. The first-order valence-corrected chi connectivity index (χ1v) is 10.6. The van der Waals surface area contributed by atoms with Crippen LogP contribution in [-0.2, 0) is 4.79 Å². The van der Waals surface area contributed by atoms with Crippen molar-refractivity contribution in [3.05, 3.63) is 0 Å². The molecule has 0 rings (SSSR count). The molecule has 0 spiro atoms. The van der Waals surface area contributed by atoms with Gasteiger partial charge in [0.25, 0.3) is 0 Å². The molecule has 0 radical (unpaired) electrons. The fourth-order valence-corrected chi connectivity index (χ4v) is 3.14. The molecule has 0 aromatic heterocycles. The largest absolute Gasteiger partial charge is 0.330 e. The first kappa shape index (κ1) is 22.9. The molecule has 0 unspecified atom stereocenters. The van der Waals surface area contributed by atoms with Gasteiger partial charge >= 0.3 is 0 Å². The van der Waals surface area contributed by atoms with E-state index in [4.69, 9.17) is 17.3 Å². The number of halogens is 1. The third-order valence-corrected chi connectivity index (χ3v) is 4.86. The number of alkyl halides is 1. The van der Waals surface area contributed by atoms with Crippen LogP contribution in [0.5, 0.6) is 0 Å². The van der Waals surface area contributed by atoms with E-state index in [1.807, 2.05) is 0 Å². The molecular formula is C20H40ClNO. The second-order valence-corrected chi connectivity index (χ2v) is 7.14. The fourth-order valence-electron chi connectivity index (χ4n) is 3.01. The number of unbranched alkanes of at least 4 members (excludes halogenated alkanes) is 15. The lowest BCUT2D eigenvalue weighted by Crippen LogP contribution is -1.98. The predicted octanol–water partition coefficient (Wildman–Crippen LogP) is 6.38. The normalized spacial score (nSPS) is 11.0. The van der Waals surface area contributed by atoms with E-state index in [1.165, 1.54) is 96.3 Å². The van der Waals surface area contributed by atoms with Gasteiger partial charge in [-0.15, -0.1) is 11.6 Å². The van der Waals surface area contributed by atoms with Gasteiger partial charge in [-0.2, -0.15) is 0 Å².